The highest BCUT2D eigenvalue weighted by molar-refractivity contribution is 5.85. The molecular weight excluding hydrogens is 350 g/mol. The summed E-state index contributed by atoms with van der Waals surface area (Å²) < 4.78 is 21.8. The Labute approximate surface area is 156 Å². The Morgan fingerprint density at radius 3 is 2.63 bits per heavy atom. The number of methoxy groups -OCH3 is 2. The molecule has 1 N–H and O–H groups in total. The predicted molar refractivity (Wildman–Crippen MR) is 96.9 cm³/mol. The first-order chi connectivity index (χ1) is 13.0. The molecule has 3 atom stereocenters. The SMILES string of the molecule is COc1cc2c(cc1OC)[C@@H](O)[C@@H]1c3c(cc4c(c3-2)OCO4)CC[N+]1(C)[O-]. The average Bonchev–Trinajstić information content (AvgIpc) is 3.12. The average molecular weight is 371 g/mol. The second kappa shape index (κ2) is 5.51. The van der Waals surface area contributed by atoms with E-state index >= 15 is 0 Å². The summed E-state index contributed by atoms with van der Waals surface area (Å²) in [5, 5.41) is 24.5. The Morgan fingerprint density at radius 1 is 1.15 bits per heavy atom. The van der Waals surface area contributed by atoms with E-state index in [4.69, 9.17) is 18.9 Å². The highest BCUT2D eigenvalue weighted by Crippen LogP contribution is 2.59. The molecule has 142 valence electrons. The van der Waals surface area contributed by atoms with Gasteiger partial charge in [0.15, 0.2) is 23.0 Å². The van der Waals surface area contributed by atoms with Crippen LogP contribution in [0.5, 0.6) is 23.0 Å². The Kier molecular flexibility index (Phi) is 3.40. The molecule has 3 aliphatic rings. The van der Waals surface area contributed by atoms with Crippen LogP contribution < -0.4 is 18.9 Å². The van der Waals surface area contributed by atoms with Gasteiger partial charge < -0.3 is 33.9 Å². The molecule has 2 aromatic rings. The van der Waals surface area contributed by atoms with Crippen molar-refractivity contribution < 1.29 is 28.7 Å². The fourth-order valence-corrected chi connectivity index (χ4v) is 4.66. The minimum atomic E-state index is -0.950. The lowest BCUT2D eigenvalue weighted by Crippen LogP contribution is -2.49. The lowest BCUT2D eigenvalue weighted by molar-refractivity contribution is -0.899. The summed E-state index contributed by atoms with van der Waals surface area (Å²) in [7, 11) is 4.74. The van der Waals surface area contributed by atoms with E-state index in [1.54, 1.807) is 27.3 Å². The van der Waals surface area contributed by atoms with Gasteiger partial charge in [-0.2, -0.15) is 0 Å². The molecule has 2 heterocycles. The van der Waals surface area contributed by atoms with Crippen LogP contribution in [0.4, 0.5) is 0 Å². The lowest BCUT2D eigenvalue weighted by Gasteiger charge is -2.52. The number of aliphatic hydroxyl groups is 1. The predicted octanol–water partition coefficient (Wildman–Crippen LogP) is 2.69. The molecule has 0 radical (unpaired) electrons. The number of hydroxylamine groups is 3. The van der Waals surface area contributed by atoms with Crippen LogP contribution in [0.2, 0.25) is 0 Å². The van der Waals surface area contributed by atoms with Crippen molar-refractivity contribution in [3.8, 4) is 34.1 Å². The molecule has 7 nitrogen and oxygen atoms in total. The summed E-state index contributed by atoms with van der Waals surface area (Å²) in [6.45, 7) is 0.543. The number of fused-ring (bicyclic) bond motifs is 4. The quantitative estimate of drug-likeness (QED) is 0.646. The van der Waals surface area contributed by atoms with Crippen molar-refractivity contribution in [1.82, 2.24) is 0 Å². The first-order valence-electron chi connectivity index (χ1n) is 8.92. The van der Waals surface area contributed by atoms with E-state index in [2.05, 4.69) is 0 Å². The smallest absolute Gasteiger partial charge is 0.231 e. The number of benzene rings is 2. The molecule has 0 saturated carbocycles. The highest BCUT2D eigenvalue weighted by Gasteiger charge is 2.47. The zero-order valence-corrected chi connectivity index (χ0v) is 15.4. The van der Waals surface area contributed by atoms with Gasteiger partial charge in [0.25, 0.3) is 0 Å². The van der Waals surface area contributed by atoms with Crippen LogP contribution in [0, 0.1) is 5.21 Å². The maximum Gasteiger partial charge on any atom is 0.231 e. The molecule has 2 aliphatic heterocycles. The number of hydrogen-bond donors (Lipinski definition) is 1. The van der Waals surface area contributed by atoms with Gasteiger partial charge in [-0.1, -0.05) is 0 Å². The largest absolute Gasteiger partial charge is 0.632 e. The third kappa shape index (κ3) is 2.13. The van der Waals surface area contributed by atoms with Gasteiger partial charge in [0, 0.05) is 17.5 Å². The summed E-state index contributed by atoms with van der Waals surface area (Å²) in [5.41, 5.74) is 4.14. The van der Waals surface area contributed by atoms with Crippen molar-refractivity contribution >= 4 is 0 Å². The summed E-state index contributed by atoms with van der Waals surface area (Å²) in [5.74, 6) is 2.38. The number of hydrogen-bond acceptors (Lipinski definition) is 6. The van der Waals surface area contributed by atoms with Gasteiger partial charge in [-0.3, -0.25) is 0 Å². The molecule has 0 saturated heterocycles. The van der Waals surface area contributed by atoms with Crippen LogP contribution in [0.15, 0.2) is 18.2 Å². The number of nitrogens with zero attached hydrogens (tertiary/aromatic N) is 1. The van der Waals surface area contributed by atoms with Crippen molar-refractivity contribution in [2.24, 2.45) is 0 Å². The van der Waals surface area contributed by atoms with Crippen molar-refractivity contribution in [1.29, 1.82) is 0 Å². The van der Waals surface area contributed by atoms with Crippen molar-refractivity contribution in [2.75, 3.05) is 34.6 Å². The molecule has 2 aromatic carbocycles. The summed E-state index contributed by atoms with van der Waals surface area (Å²) in [6, 6.07) is 4.93. The summed E-state index contributed by atoms with van der Waals surface area (Å²) >= 11 is 0. The Bertz CT molecular complexity index is 954. The van der Waals surface area contributed by atoms with E-state index in [0.717, 1.165) is 22.3 Å². The van der Waals surface area contributed by atoms with Gasteiger partial charge in [-0.05, 0) is 34.9 Å². The lowest BCUT2D eigenvalue weighted by atomic mass is 9.74. The Morgan fingerprint density at radius 2 is 1.89 bits per heavy atom. The molecule has 1 unspecified atom stereocenters. The van der Waals surface area contributed by atoms with Gasteiger partial charge in [0.2, 0.25) is 6.79 Å². The third-order valence-electron chi connectivity index (χ3n) is 5.94. The summed E-state index contributed by atoms with van der Waals surface area (Å²) in [6.07, 6.45) is -0.320. The fourth-order valence-electron chi connectivity index (χ4n) is 4.66. The van der Waals surface area contributed by atoms with Crippen molar-refractivity contribution in [3.05, 3.63) is 40.1 Å². The number of quaternary nitrogens is 1. The van der Waals surface area contributed by atoms with Crippen LogP contribution in [0.1, 0.15) is 28.8 Å². The molecule has 0 aromatic heterocycles. The molecule has 0 spiro atoms. The van der Waals surface area contributed by atoms with E-state index in [9.17, 15) is 10.3 Å². The van der Waals surface area contributed by atoms with Crippen molar-refractivity contribution in [2.45, 2.75) is 18.6 Å². The fraction of sp³-hybridized carbons (Fsp3) is 0.400. The van der Waals surface area contributed by atoms with Crippen LogP contribution in [0.3, 0.4) is 0 Å². The van der Waals surface area contributed by atoms with Crippen LogP contribution in [-0.2, 0) is 6.42 Å². The molecule has 0 fully saturated rings. The maximum atomic E-state index is 13.3. The second-order valence-corrected chi connectivity index (χ2v) is 7.39. The van der Waals surface area contributed by atoms with E-state index < -0.39 is 16.8 Å². The van der Waals surface area contributed by atoms with Gasteiger partial charge in [0.05, 0.1) is 27.8 Å². The maximum absolute atomic E-state index is 13.3. The Hall–Kier alpha value is -2.48. The highest BCUT2D eigenvalue weighted by atomic mass is 16.7. The molecule has 7 heteroatoms. The number of rotatable bonds is 2. The van der Waals surface area contributed by atoms with Gasteiger partial charge in [-0.25, -0.2) is 0 Å². The molecular formula is C20H21NO6. The van der Waals surface area contributed by atoms with E-state index in [0.29, 0.717) is 41.5 Å². The van der Waals surface area contributed by atoms with E-state index in [1.807, 2.05) is 12.1 Å². The molecule has 0 bridgehead atoms. The zero-order chi connectivity index (χ0) is 18.9. The van der Waals surface area contributed by atoms with Gasteiger partial charge in [-0.15, -0.1) is 0 Å². The molecule has 1 aliphatic carbocycles. The molecule has 0 amide bonds. The minimum absolute atomic E-state index is 0.143. The van der Waals surface area contributed by atoms with Gasteiger partial charge in [0.1, 0.15) is 12.1 Å². The second-order valence-electron chi connectivity index (χ2n) is 7.39. The van der Waals surface area contributed by atoms with E-state index in [1.165, 1.54) is 0 Å². The van der Waals surface area contributed by atoms with Crippen LogP contribution in [-0.4, -0.2) is 44.4 Å². The zero-order valence-electron chi connectivity index (χ0n) is 15.4. The van der Waals surface area contributed by atoms with Gasteiger partial charge >= 0.3 is 0 Å². The summed E-state index contributed by atoms with van der Waals surface area (Å²) in [4.78, 5) is 0. The minimum Gasteiger partial charge on any atom is -0.632 e. The number of aliphatic hydroxyl groups excluding tert-OH is 1. The normalized spacial score (nSPS) is 27.0. The van der Waals surface area contributed by atoms with Crippen LogP contribution in [0.25, 0.3) is 11.1 Å². The topological polar surface area (TPSA) is 80.2 Å². The standard InChI is InChI=1S/C20H21NO6/c1-21(23)5-4-10-6-15-20(27-9-26-15)17-11-7-13(24-2)14(25-3)8-12(11)19(22)18(21)16(10)17/h6-8,18-19,22H,4-5,9H2,1-3H3/t18-,19+,21?/m0/s1. The first kappa shape index (κ1) is 16.7. The Balaban J connectivity index is 1.88. The number of ether oxygens (including phenoxy) is 4. The van der Waals surface area contributed by atoms with Crippen LogP contribution >= 0.6 is 0 Å². The third-order valence-corrected chi connectivity index (χ3v) is 5.94. The van der Waals surface area contributed by atoms with E-state index in [-0.39, 0.29) is 6.79 Å². The first-order valence-corrected chi connectivity index (χ1v) is 8.92. The number of likely N-dealkylation sites (N-methyl/N-ethyl adjacent to an activating group) is 1. The molecule has 27 heavy (non-hydrogen) atoms. The van der Waals surface area contributed by atoms with Crippen molar-refractivity contribution in [3.63, 3.8) is 0 Å². The monoisotopic (exact) mass is 371 g/mol. The molecule has 5 rings (SSSR count).